The van der Waals surface area contributed by atoms with Gasteiger partial charge in [-0.15, -0.1) is 0 Å². The summed E-state index contributed by atoms with van der Waals surface area (Å²) in [6, 6.07) is -0.168. The fraction of sp³-hybridized carbons (Fsp3) is 0.867. The molecule has 2 aliphatic rings. The second-order valence-corrected chi connectivity index (χ2v) is 7.20. The van der Waals surface area contributed by atoms with Crippen molar-refractivity contribution in [3.05, 3.63) is 0 Å². The first-order chi connectivity index (χ1) is 9.27. The molecule has 0 aromatic carbocycles. The number of fused-ring (bicyclic) bond motifs is 2. The third-order valence-corrected chi connectivity index (χ3v) is 4.78. The van der Waals surface area contributed by atoms with E-state index in [4.69, 9.17) is 5.11 Å². The van der Waals surface area contributed by atoms with Crippen molar-refractivity contribution in [1.82, 2.24) is 10.2 Å². The largest absolute Gasteiger partial charge is 0.481 e. The summed E-state index contributed by atoms with van der Waals surface area (Å²) in [6.07, 6.45) is 5.20. The van der Waals surface area contributed by atoms with Gasteiger partial charge in [-0.05, 0) is 50.9 Å². The van der Waals surface area contributed by atoms with E-state index in [-0.39, 0.29) is 12.5 Å². The molecule has 2 N–H and O–H groups in total. The van der Waals surface area contributed by atoms with Crippen LogP contribution in [0.4, 0.5) is 4.79 Å². The van der Waals surface area contributed by atoms with Gasteiger partial charge in [0.05, 0.1) is 6.42 Å². The molecule has 2 bridgehead atoms. The van der Waals surface area contributed by atoms with Crippen LogP contribution in [0.25, 0.3) is 0 Å². The molecular weight excluding hydrogens is 256 g/mol. The summed E-state index contributed by atoms with van der Waals surface area (Å²) in [5.74, 6) is 1.41. The highest BCUT2D eigenvalue weighted by Crippen LogP contribution is 2.48. The van der Waals surface area contributed by atoms with E-state index in [0.29, 0.717) is 5.92 Å². The van der Waals surface area contributed by atoms with Gasteiger partial charge in [-0.3, -0.25) is 4.79 Å². The van der Waals surface area contributed by atoms with Crippen LogP contribution in [-0.2, 0) is 4.79 Å². The van der Waals surface area contributed by atoms with Crippen molar-refractivity contribution in [2.24, 2.45) is 17.8 Å². The highest BCUT2D eigenvalue weighted by molar-refractivity contribution is 5.76. The smallest absolute Gasteiger partial charge is 0.317 e. The molecule has 0 radical (unpaired) electrons. The molecule has 5 nitrogen and oxygen atoms in total. The van der Waals surface area contributed by atoms with Gasteiger partial charge in [-0.2, -0.15) is 0 Å². The molecule has 0 aromatic rings. The molecule has 0 saturated heterocycles. The van der Waals surface area contributed by atoms with E-state index in [0.717, 1.165) is 18.4 Å². The molecule has 2 aliphatic carbocycles. The molecule has 3 atom stereocenters. The normalized spacial score (nSPS) is 28.4. The summed E-state index contributed by atoms with van der Waals surface area (Å²) in [7, 11) is 1.80. The monoisotopic (exact) mass is 282 g/mol. The molecule has 5 heteroatoms. The molecule has 114 valence electrons. The topological polar surface area (TPSA) is 69.6 Å². The van der Waals surface area contributed by atoms with E-state index < -0.39 is 11.5 Å². The van der Waals surface area contributed by atoms with Crippen LogP contribution in [0.15, 0.2) is 0 Å². The van der Waals surface area contributed by atoms with E-state index in [2.05, 4.69) is 5.32 Å². The quantitative estimate of drug-likeness (QED) is 0.813. The first kappa shape index (κ1) is 15.1. The van der Waals surface area contributed by atoms with Crippen LogP contribution in [0.5, 0.6) is 0 Å². The van der Waals surface area contributed by atoms with Crippen molar-refractivity contribution < 1.29 is 14.7 Å². The Balaban J connectivity index is 1.81. The minimum Gasteiger partial charge on any atom is -0.481 e. The number of carboxylic acids is 1. The predicted molar refractivity (Wildman–Crippen MR) is 76.4 cm³/mol. The Kier molecular flexibility index (Phi) is 4.25. The molecule has 0 heterocycles. The SMILES string of the molecule is CN(CC1CC2CCC1C2)C(=O)NC(C)(C)CC(=O)O. The molecule has 2 rings (SSSR count). The lowest BCUT2D eigenvalue weighted by Gasteiger charge is -2.31. The molecule has 3 unspecified atom stereocenters. The van der Waals surface area contributed by atoms with E-state index in [1.807, 2.05) is 0 Å². The van der Waals surface area contributed by atoms with E-state index in [9.17, 15) is 9.59 Å². The van der Waals surface area contributed by atoms with Crippen LogP contribution in [0.1, 0.15) is 46.0 Å². The van der Waals surface area contributed by atoms with Crippen LogP contribution in [0, 0.1) is 17.8 Å². The first-order valence-corrected chi connectivity index (χ1v) is 7.52. The Morgan fingerprint density at radius 2 is 2.00 bits per heavy atom. The maximum Gasteiger partial charge on any atom is 0.317 e. The van der Waals surface area contributed by atoms with Gasteiger partial charge < -0.3 is 15.3 Å². The van der Waals surface area contributed by atoms with Gasteiger partial charge in [-0.1, -0.05) is 6.42 Å². The summed E-state index contributed by atoms with van der Waals surface area (Å²) in [4.78, 5) is 24.6. The molecule has 20 heavy (non-hydrogen) atoms. The van der Waals surface area contributed by atoms with Gasteiger partial charge >= 0.3 is 12.0 Å². The molecule has 0 spiro atoms. The summed E-state index contributed by atoms with van der Waals surface area (Å²) < 4.78 is 0. The molecule has 0 aliphatic heterocycles. The van der Waals surface area contributed by atoms with Crippen LogP contribution in [0.2, 0.25) is 0 Å². The van der Waals surface area contributed by atoms with Crippen molar-refractivity contribution in [2.45, 2.75) is 51.5 Å². The summed E-state index contributed by atoms with van der Waals surface area (Å²) in [5, 5.41) is 11.6. The predicted octanol–water partition coefficient (Wildman–Crippen LogP) is 2.32. The van der Waals surface area contributed by atoms with Crippen molar-refractivity contribution in [2.75, 3.05) is 13.6 Å². The standard InChI is InChI=1S/C15H26N2O3/c1-15(2,8-13(18)19)16-14(20)17(3)9-12-7-10-4-5-11(12)6-10/h10-12H,4-9H2,1-3H3,(H,16,20)(H,18,19). The Morgan fingerprint density at radius 1 is 1.30 bits per heavy atom. The second kappa shape index (κ2) is 5.62. The lowest BCUT2D eigenvalue weighted by Crippen LogP contribution is -2.51. The Hall–Kier alpha value is -1.26. The van der Waals surface area contributed by atoms with Crippen LogP contribution >= 0.6 is 0 Å². The molecule has 2 fully saturated rings. The molecule has 0 aromatic heterocycles. The van der Waals surface area contributed by atoms with Gasteiger partial charge in [0.1, 0.15) is 0 Å². The minimum absolute atomic E-state index is 0.0687. The second-order valence-electron chi connectivity index (χ2n) is 7.20. The number of carboxylic acid groups (broad SMARTS) is 1. The number of carbonyl (C=O) groups excluding carboxylic acids is 1. The average Bonchev–Trinajstić information content (AvgIpc) is 2.87. The third kappa shape index (κ3) is 3.64. The fourth-order valence-electron chi connectivity index (χ4n) is 3.84. The molecular formula is C15H26N2O3. The maximum atomic E-state index is 12.2. The highest BCUT2D eigenvalue weighted by atomic mass is 16.4. The lowest BCUT2D eigenvalue weighted by molar-refractivity contribution is -0.138. The number of carbonyl (C=O) groups is 2. The average molecular weight is 282 g/mol. The zero-order valence-corrected chi connectivity index (χ0v) is 12.7. The van der Waals surface area contributed by atoms with Gasteiger partial charge in [0.15, 0.2) is 0 Å². The lowest BCUT2D eigenvalue weighted by atomic mass is 9.88. The Bertz CT molecular complexity index is 395. The van der Waals surface area contributed by atoms with Crippen molar-refractivity contribution in [3.63, 3.8) is 0 Å². The highest BCUT2D eigenvalue weighted by Gasteiger charge is 2.40. The minimum atomic E-state index is -0.897. The summed E-state index contributed by atoms with van der Waals surface area (Å²) in [5.41, 5.74) is -0.716. The number of hydrogen-bond acceptors (Lipinski definition) is 2. The maximum absolute atomic E-state index is 12.2. The zero-order chi connectivity index (χ0) is 14.9. The molecule has 2 saturated carbocycles. The summed E-state index contributed by atoms with van der Waals surface area (Å²) >= 11 is 0. The Labute approximate surface area is 120 Å². The Morgan fingerprint density at radius 3 is 2.50 bits per heavy atom. The number of amides is 2. The summed E-state index contributed by atoms with van der Waals surface area (Å²) in [6.45, 7) is 4.27. The van der Waals surface area contributed by atoms with Crippen molar-refractivity contribution in [1.29, 1.82) is 0 Å². The van der Waals surface area contributed by atoms with Gasteiger partial charge in [0, 0.05) is 19.1 Å². The number of nitrogens with one attached hydrogen (secondary N) is 1. The van der Waals surface area contributed by atoms with Crippen LogP contribution < -0.4 is 5.32 Å². The van der Waals surface area contributed by atoms with Crippen LogP contribution in [-0.4, -0.2) is 41.1 Å². The number of urea groups is 1. The van der Waals surface area contributed by atoms with Gasteiger partial charge in [0.2, 0.25) is 0 Å². The van der Waals surface area contributed by atoms with E-state index in [1.54, 1.807) is 25.8 Å². The van der Waals surface area contributed by atoms with Gasteiger partial charge in [-0.25, -0.2) is 4.79 Å². The van der Waals surface area contributed by atoms with Gasteiger partial charge in [0.25, 0.3) is 0 Å². The number of rotatable bonds is 5. The van der Waals surface area contributed by atoms with Crippen LogP contribution in [0.3, 0.4) is 0 Å². The zero-order valence-electron chi connectivity index (χ0n) is 12.7. The third-order valence-electron chi connectivity index (χ3n) is 4.78. The number of aliphatic carboxylic acids is 1. The van der Waals surface area contributed by atoms with E-state index in [1.165, 1.54) is 25.7 Å². The first-order valence-electron chi connectivity index (χ1n) is 7.52. The molecule has 2 amide bonds. The van der Waals surface area contributed by atoms with Crippen molar-refractivity contribution in [3.8, 4) is 0 Å². The number of hydrogen-bond donors (Lipinski definition) is 2. The van der Waals surface area contributed by atoms with Crippen molar-refractivity contribution >= 4 is 12.0 Å². The number of nitrogens with zero attached hydrogens (tertiary/aromatic N) is 1. The fourth-order valence-corrected chi connectivity index (χ4v) is 3.84. The van der Waals surface area contributed by atoms with E-state index >= 15 is 0 Å².